The summed E-state index contributed by atoms with van der Waals surface area (Å²) in [6.07, 6.45) is 1.85. The fourth-order valence-electron chi connectivity index (χ4n) is 1.47. The molecule has 0 bridgehead atoms. The van der Waals surface area contributed by atoms with Crippen molar-refractivity contribution in [1.29, 1.82) is 0 Å². The van der Waals surface area contributed by atoms with Crippen LogP contribution in [0.4, 0.5) is 0 Å². The number of pyridine rings is 1. The second kappa shape index (κ2) is 2.63. The molecule has 0 N–H and O–H groups in total. The summed E-state index contributed by atoms with van der Waals surface area (Å²) in [5, 5.41) is 0. The van der Waals surface area contributed by atoms with E-state index in [1.54, 1.807) is 0 Å². The first-order valence-corrected chi connectivity index (χ1v) is 4.10. The van der Waals surface area contributed by atoms with Crippen molar-refractivity contribution in [2.24, 2.45) is 0 Å². The van der Waals surface area contributed by atoms with E-state index in [9.17, 15) is 0 Å². The Bertz CT molecular complexity index is 292. The quantitative estimate of drug-likeness (QED) is 0.624. The van der Waals surface area contributed by atoms with Gasteiger partial charge in [0.05, 0.1) is 12.2 Å². The van der Waals surface area contributed by atoms with E-state index in [4.69, 9.17) is 0 Å². The fraction of sp³-hybridized carbons (Fsp3) is 0.300. The summed E-state index contributed by atoms with van der Waals surface area (Å²) in [5.41, 5.74) is 3.65. The molecule has 1 aromatic rings. The predicted octanol–water partition coefficient (Wildman–Crippen LogP) is 1.93. The molecule has 0 unspecified atom stereocenters. The van der Waals surface area contributed by atoms with Crippen LogP contribution in [0, 0.1) is 0 Å². The van der Waals surface area contributed by atoms with Crippen molar-refractivity contribution in [3.63, 3.8) is 0 Å². The van der Waals surface area contributed by atoms with Crippen LogP contribution >= 0.6 is 0 Å². The smallest absolute Gasteiger partial charge is 0.0646 e. The standard InChI is InChI=1S/C10H12N2/c1-8(2)12-6-9-4-3-5-11-10(9)7-12/h3-5H,1,6-7H2,2H3. The number of hydrogen-bond donors (Lipinski definition) is 0. The first-order chi connectivity index (χ1) is 5.77. The fourth-order valence-corrected chi connectivity index (χ4v) is 1.47. The van der Waals surface area contributed by atoms with Crippen LogP contribution in [0.25, 0.3) is 0 Å². The van der Waals surface area contributed by atoms with Gasteiger partial charge < -0.3 is 4.90 Å². The summed E-state index contributed by atoms with van der Waals surface area (Å²) in [6.45, 7) is 7.84. The summed E-state index contributed by atoms with van der Waals surface area (Å²) in [4.78, 5) is 6.54. The van der Waals surface area contributed by atoms with Gasteiger partial charge in [-0.25, -0.2) is 0 Å². The van der Waals surface area contributed by atoms with Gasteiger partial charge in [-0.15, -0.1) is 0 Å². The van der Waals surface area contributed by atoms with Crippen molar-refractivity contribution < 1.29 is 0 Å². The molecule has 0 saturated carbocycles. The van der Waals surface area contributed by atoms with Gasteiger partial charge in [-0.1, -0.05) is 12.6 Å². The van der Waals surface area contributed by atoms with Gasteiger partial charge in [-0.3, -0.25) is 4.98 Å². The summed E-state index contributed by atoms with van der Waals surface area (Å²) >= 11 is 0. The lowest BCUT2D eigenvalue weighted by Crippen LogP contribution is -2.12. The van der Waals surface area contributed by atoms with Crippen LogP contribution in [0.2, 0.25) is 0 Å². The molecule has 0 radical (unpaired) electrons. The second-order valence-electron chi connectivity index (χ2n) is 3.20. The number of nitrogens with zero attached hydrogens (tertiary/aromatic N) is 2. The summed E-state index contributed by atoms with van der Waals surface area (Å²) in [7, 11) is 0. The Labute approximate surface area is 72.5 Å². The maximum atomic E-state index is 4.31. The first kappa shape index (κ1) is 7.35. The van der Waals surface area contributed by atoms with Crippen LogP contribution < -0.4 is 0 Å². The molecule has 1 aliphatic rings. The zero-order valence-electron chi connectivity index (χ0n) is 7.25. The normalized spacial score (nSPS) is 14.6. The first-order valence-electron chi connectivity index (χ1n) is 4.10. The third kappa shape index (κ3) is 1.09. The van der Waals surface area contributed by atoms with Crippen LogP contribution in [0.3, 0.4) is 0 Å². The highest BCUT2D eigenvalue weighted by molar-refractivity contribution is 5.25. The van der Waals surface area contributed by atoms with E-state index in [1.807, 2.05) is 19.2 Å². The minimum absolute atomic E-state index is 0.922. The van der Waals surface area contributed by atoms with Crippen molar-refractivity contribution >= 4 is 0 Å². The van der Waals surface area contributed by atoms with Crippen LogP contribution in [0.1, 0.15) is 18.2 Å². The van der Waals surface area contributed by atoms with E-state index in [-0.39, 0.29) is 0 Å². The molecule has 0 saturated heterocycles. The van der Waals surface area contributed by atoms with Gasteiger partial charge in [0.25, 0.3) is 0 Å². The van der Waals surface area contributed by atoms with E-state index in [2.05, 4.69) is 22.5 Å². The average molecular weight is 160 g/mol. The predicted molar refractivity (Wildman–Crippen MR) is 48.3 cm³/mol. The SMILES string of the molecule is C=C(C)N1Cc2cccnc2C1. The summed E-state index contributed by atoms with van der Waals surface area (Å²) in [5.74, 6) is 0. The molecule has 1 aliphatic heterocycles. The van der Waals surface area contributed by atoms with Crippen molar-refractivity contribution in [1.82, 2.24) is 9.88 Å². The summed E-state index contributed by atoms with van der Waals surface area (Å²) in [6, 6.07) is 4.12. The maximum absolute atomic E-state index is 4.31. The van der Waals surface area contributed by atoms with E-state index in [0.29, 0.717) is 0 Å². The molecule has 0 aromatic carbocycles. The van der Waals surface area contributed by atoms with Gasteiger partial charge in [-0.05, 0) is 18.6 Å². The van der Waals surface area contributed by atoms with Crippen LogP contribution in [0.5, 0.6) is 0 Å². The van der Waals surface area contributed by atoms with Gasteiger partial charge in [0.1, 0.15) is 0 Å². The lowest BCUT2D eigenvalue weighted by molar-refractivity contribution is 0.363. The lowest BCUT2D eigenvalue weighted by atomic mass is 10.2. The third-order valence-electron chi connectivity index (χ3n) is 2.23. The van der Waals surface area contributed by atoms with E-state index in [1.165, 1.54) is 11.3 Å². The number of fused-ring (bicyclic) bond motifs is 1. The Hall–Kier alpha value is -1.31. The molecule has 0 atom stereocenters. The van der Waals surface area contributed by atoms with Gasteiger partial charge in [0.2, 0.25) is 0 Å². The highest BCUT2D eigenvalue weighted by Gasteiger charge is 2.18. The topological polar surface area (TPSA) is 16.1 Å². The monoisotopic (exact) mass is 160 g/mol. The largest absolute Gasteiger partial charge is 0.365 e. The molecule has 2 heterocycles. The second-order valence-corrected chi connectivity index (χ2v) is 3.20. The van der Waals surface area contributed by atoms with Crippen molar-refractivity contribution in [2.75, 3.05) is 0 Å². The Kier molecular flexibility index (Phi) is 1.61. The molecule has 2 rings (SSSR count). The Morgan fingerprint density at radius 2 is 2.42 bits per heavy atom. The van der Waals surface area contributed by atoms with E-state index < -0.39 is 0 Å². The highest BCUT2D eigenvalue weighted by Crippen LogP contribution is 2.22. The molecule has 0 amide bonds. The minimum Gasteiger partial charge on any atom is -0.365 e. The van der Waals surface area contributed by atoms with Crippen LogP contribution in [-0.4, -0.2) is 9.88 Å². The van der Waals surface area contributed by atoms with E-state index >= 15 is 0 Å². The highest BCUT2D eigenvalue weighted by atomic mass is 15.2. The number of rotatable bonds is 1. The van der Waals surface area contributed by atoms with Crippen LogP contribution in [0.15, 0.2) is 30.6 Å². The Balaban J connectivity index is 2.27. The molecule has 12 heavy (non-hydrogen) atoms. The molecule has 2 heteroatoms. The molecule has 62 valence electrons. The van der Waals surface area contributed by atoms with Crippen molar-refractivity contribution in [3.8, 4) is 0 Å². The summed E-state index contributed by atoms with van der Waals surface area (Å²) < 4.78 is 0. The third-order valence-corrected chi connectivity index (χ3v) is 2.23. The van der Waals surface area contributed by atoms with Gasteiger partial charge in [0.15, 0.2) is 0 Å². The Morgan fingerprint density at radius 1 is 1.58 bits per heavy atom. The lowest BCUT2D eigenvalue weighted by Gasteiger charge is -2.15. The van der Waals surface area contributed by atoms with E-state index in [0.717, 1.165) is 18.8 Å². The van der Waals surface area contributed by atoms with Crippen LogP contribution in [-0.2, 0) is 13.1 Å². The zero-order valence-corrected chi connectivity index (χ0v) is 7.25. The molecular formula is C10H12N2. The number of hydrogen-bond acceptors (Lipinski definition) is 2. The number of allylic oxidation sites excluding steroid dienone is 1. The Morgan fingerprint density at radius 3 is 3.08 bits per heavy atom. The molecule has 0 spiro atoms. The molecule has 1 aromatic heterocycles. The van der Waals surface area contributed by atoms with Crippen molar-refractivity contribution in [3.05, 3.63) is 41.9 Å². The molecule has 2 nitrogen and oxygen atoms in total. The van der Waals surface area contributed by atoms with Crippen molar-refractivity contribution in [2.45, 2.75) is 20.0 Å². The van der Waals surface area contributed by atoms with Gasteiger partial charge in [0, 0.05) is 18.4 Å². The average Bonchev–Trinajstić information content (AvgIpc) is 2.46. The zero-order chi connectivity index (χ0) is 8.55. The van der Waals surface area contributed by atoms with Gasteiger partial charge in [-0.2, -0.15) is 0 Å². The molecule has 0 fully saturated rings. The number of aromatic nitrogens is 1. The minimum atomic E-state index is 0.922. The molecular weight excluding hydrogens is 148 g/mol. The maximum Gasteiger partial charge on any atom is 0.0646 e. The van der Waals surface area contributed by atoms with Gasteiger partial charge >= 0.3 is 0 Å². The molecule has 0 aliphatic carbocycles.